The maximum absolute atomic E-state index is 7.73. The molecule has 0 aromatic carbocycles. The van der Waals surface area contributed by atoms with E-state index in [1.807, 2.05) is 0 Å². The molecule has 0 amide bonds. The fourth-order valence-electron chi connectivity index (χ4n) is 0.277. The van der Waals surface area contributed by atoms with Gasteiger partial charge >= 0.3 is 0 Å². The Labute approximate surface area is 119 Å². The van der Waals surface area contributed by atoms with Gasteiger partial charge in [-0.15, -0.1) is 0 Å². The van der Waals surface area contributed by atoms with Crippen LogP contribution in [0.5, 0.6) is 0 Å². The standard InChI is InChI=1S/C3H10N6.C3H7NO.C2H7N3.CH4/c4-2(8-6)1-3(5)9-7;1-3(2)4-5;1-2(3)5-4;/h1,6-7H2,(H2,4,8)(H2,5,9);5H,1-2H3;4H2,1H3,(H2,3,5);1H4. The van der Waals surface area contributed by atoms with Crippen LogP contribution in [0.15, 0.2) is 20.5 Å². The van der Waals surface area contributed by atoms with Crippen LogP contribution < -0.4 is 34.7 Å². The molecule has 0 rings (SSSR count). The topological polar surface area (TPSA) is 226 Å². The van der Waals surface area contributed by atoms with Gasteiger partial charge in [-0.3, -0.25) is 0 Å². The lowest BCUT2D eigenvalue weighted by molar-refractivity contribution is 0.318. The number of nitrogens with two attached hydrogens (primary N) is 6. The predicted molar refractivity (Wildman–Crippen MR) is 85.0 cm³/mol. The van der Waals surface area contributed by atoms with Crippen LogP contribution >= 0.6 is 0 Å². The summed E-state index contributed by atoms with van der Waals surface area (Å²) in [6.45, 7) is 5.07. The second-order valence-corrected chi connectivity index (χ2v) is 3.24. The summed E-state index contributed by atoms with van der Waals surface area (Å²) in [5, 5.41) is 19.9. The average Bonchev–Trinajstić information content (AvgIpc) is 2.39. The normalized spacial score (nSPS) is 10.8. The lowest BCUT2D eigenvalue weighted by Crippen LogP contribution is -2.24. The highest BCUT2D eigenvalue weighted by molar-refractivity contribution is 6.00. The first-order valence-electron chi connectivity index (χ1n) is 4.94. The van der Waals surface area contributed by atoms with Gasteiger partial charge in [-0.1, -0.05) is 12.6 Å². The van der Waals surface area contributed by atoms with Gasteiger partial charge < -0.3 is 39.9 Å². The Morgan fingerprint density at radius 1 is 0.850 bits per heavy atom. The summed E-state index contributed by atoms with van der Waals surface area (Å²) in [5.41, 5.74) is 15.9. The van der Waals surface area contributed by atoms with E-state index in [0.717, 1.165) is 0 Å². The van der Waals surface area contributed by atoms with Crippen LogP contribution in [0.2, 0.25) is 0 Å². The summed E-state index contributed by atoms with van der Waals surface area (Å²) in [4.78, 5) is 0. The third-order valence-electron chi connectivity index (χ3n) is 1.10. The summed E-state index contributed by atoms with van der Waals surface area (Å²) in [7, 11) is 0. The van der Waals surface area contributed by atoms with E-state index in [4.69, 9.17) is 34.1 Å². The molecule has 0 aromatic heterocycles. The molecule has 0 aromatic rings. The van der Waals surface area contributed by atoms with Crippen molar-refractivity contribution in [1.82, 2.24) is 0 Å². The molecule has 0 fully saturated rings. The first-order chi connectivity index (χ1) is 8.74. The zero-order valence-electron chi connectivity index (χ0n) is 11.4. The van der Waals surface area contributed by atoms with Gasteiger partial charge in [0.1, 0.15) is 17.5 Å². The van der Waals surface area contributed by atoms with Crippen molar-refractivity contribution in [3.8, 4) is 0 Å². The number of oxime groups is 1. The highest BCUT2D eigenvalue weighted by Crippen LogP contribution is 1.75. The molecule has 0 aliphatic carbocycles. The second kappa shape index (κ2) is 18.6. The summed E-state index contributed by atoms with van der Waals surface area (Å²) >= 11 is 0. The maximum Gasteiger partial charge on any atom is 0.126 e. The van der Waals surface area contributed by atoms with E-state index in [0.29, 0.717) is 11.5 Å². The molecule has 0 unspecified atom stereocenters. The molecule has 0 aliphatic heterocycles. The Morgan fingerprint density at radius 2 is 1.10 bits per heavy atom. The fraction of sp³-hybridized carbons (Fsp3) is 0.556. The molecular weight excluding hydrogens is 264 g/mol. The van der Waals surface area contributed by atoms with E-state index in [-0.39, 0.29) is 25.5 Å². The van der Waals surface area contributed by atoms with Crippen molar-refractivity contribution >= 4 is 23.2 Å². The van der Waals surface area contributed by atoms with Crippen molar-refractivity contribution in [1.29, 1.82) is 0 Å². The van der Waals surface area contributed by atoms with Crippen LogP contribution in [0, 0.1) is 0 Å². The van der Waals surface area contributed by atoms with Gasteiger partial charge in [-0.2, -0.15) is 15.3 Å². The Balaban J connectivity index is -0.000000101. The summed E-state index contributed by atoms with van der Waals surface area (Å²) in [5.74, 6) is 15.0. The van der Waals surface area contributed by atoms with Gasteiger partial charge in [0.2, 0.25) is 0 Å². The van der Waals surface area contributed by atoms with Crippen molar-refractivity contribution < 1.29 is 5.21 Å². The predicted octanol–water partition coefficient (Wildman–Crippen LogP) is -1.43. The van der Waals surface area contributed by atoms with E-state index in [2.05, 4.69) is 26.3 Å². The molecule has 11 heteroatoms. The smallest absolute Gasteiger partial charge is 0.126 e. The zero-order valence-corrected chi connectivity index (χ0v) is 11.4. The van der Waals surface area contributed by atoms with Gasteiger partial charge in [0, 0.05) is 0 Å². The van der Waals surface area contributed by atoms with Crippen LogP contribution in [0.3, 0.4) is 0 Å². The van der Waals surface area contributed by atoms with E-state index >= 15 is 0 Å². The number of amidine groups is 3. The Morgan fingerprint density at radius 3 is 1.20 bits per heavy atom. The lowest BCUT2D eigenvalue weighted by atomic mass is 10.4. The van der Waals surface area contributed by atoms with E-state index < -0.39 is 0 Å². The first-order valence-corrected chi connectivity index (χ1v) is 4.94. The van der Waals surface area contributed by atoms with Gasteiger partial charge in [-0.05, 0) is 20.8 Å². The van der Waals surface area contributed by atoms with E-state index in [1.165, 1.54) is 0 Å². The number of nitrogens with zero attached hydrogens (tertiary/aromatic N) is 4. The van der Waals surface area contributed by atoms with Crippen LogP contribution in [-0.2, 0) is 0 Å². The lowest BCUT2D eigenvalue weighted by Gasteiger charge is -1.94. The third-order valence-corrected chi connectivity index (χ3v) is 1.10. The molecule has 0 bridgehead atoms. The molecule has 0 atom stereocenters. The Bertz CT molecular complexity index is 294. The minimum absolute atomic E-state index is 0. The van der Waals surface area contributed by atoms with Crippen molar-refractivity contribution in [2.75, 3.05) is 0 Å². The molecule has 0 aliphatic rings. The van der Waals surface area contributed by atoms with Crippen molar-refractivity contribution in [3.63, 3.8) is 0 Å². The molecule has 120 valence electrons. The number of rotatable bonds is 2. The molecule has 13 N–H and O–H groups in total. The van der Waals surface area contributed by atoms with Gasteiger partial charge in [0.05, 0.1) is 12.1 Å². The van der Waals surface area contributed by atoms with E-state index in [1.54, 1.807) is 20.8 Å². The quantitative estimate of drug-likeness (QED) is 0.105. The molecule has 0 saturated heterocycles. The number of hydrazone groups is 3. The monoisotopic (exact) mass is 292 g/mol. The molecule has 0 spiro atoms. The fourth-order valence-corrected chi connectivity index (χ4v) is 0.277. The molecule has 0 saturated carbocycles. The number of hydrogen-bond acceptors (Lipinski definition) is 8. The van der Waals surface area contributed by atoms with Crippen molar-refractivity contribution in [2.45, 2.75) is 34.6 Å². The largest absolute Gasteiger partial charge is 0.411 e. The molecule has 0 heterocycles. The zero-order chi connectivity index (χ0) is 15.8. The molecule has 0 radical (unpaired) electrons. The molecule has 11 nitrogen and oxygen atoms in total. The van der Waals surface area contributed by atoms with Crippen LogP contribution in [0.25, 0.3) is 0 Å². The first kappa shape index (κ1) is 26.0. The maximum atomic E-state index is 7.73. The number of hydrogen-bond donors (Lipinski definition) is 7. The van der Waals surface area contributed by atoms with Gasteiger partial charge in [0.15, 0.2) is 0 Å². The molecule has 20 heavy (non-hydrogen) atoms. The van der Waals surface area contributed by atoms with Crippen LogP contribution in [-0.4, -0.2) is 28.4 Å². The highest BCUT2D eigenvalue weighted by atomic mass is 16.4. The SMILES string of the molecule is C.CC(C)=NO.CC(N)=NN.NN=C(N)CC(N)=NN. The second-order valence-electron chi connectivity index (χ2n) is 3.24. The van der Waals surface area contributed by atoms with E-state index in [9.17, 15) is 0 Å². The summed E-state index contributed by atoms with van der Waals surface area (Å²) < 4.78 is 0. The van der Waals surface area contributed by atoms with Gasteiger partial charge in [-0.25, -0.2) is 0 Å². The van der Waals surface area contributed by atoms with Crippen LogP contribution in [0.1, 0.15) is 34.6 Å². The summed E-state index contributed by atoms with van der Waals surface area (Å²) in [6.07, 6.45) is 0.215. The minimum Gasteiger partial charge on any atom is -0.411 e. The van der Waals surface area contributed by atoms with Crippen molar-refractivity contribution in [2.24, 2.45) is 55.2 Å². The van der Waals surface area contributed by atoms with Crippen LogP contribution in [0.4, 0.5) is 0 Å². The Kier molecular flexibility index (Phi) is 24.2. The van der Waals surface area contributed by atoms with Crippen molar-refractivity contribution in [3.05, 3.63) is 0 Å². The summed E-state index contributed by atoms with van der Waals surface area (Å²) in [6, 6.07) is 0. The average molecular weight is 292 g/mol. The highest BCUT2D eigenvalue weighted by Gasteiger charge is 1.94. The molecular formula is C9H28N10O. The minimum atomic E-state index is 0. The third kappa shape index (κ3) is 36.2. The Hall–Kier alpha value is -2.72. The van der Waals surface area contributed by atoms with Gasteiger partial charge in [0.25, 0.3) is 0 Å².